The van der Waals surface area contributed by atoms with Crippen molar-refractivity contribution in [1.82, 2.24) is 5.32 Å². The molecule has 0 spiro atoms. The van der Waals surface area contributed by atoms with E-state index in [2.05, 4.69) is 19.2 Å². The Kier molecular flexibility index (Phi) is 11.9. The van der Waals surface area contributed by atoms with Crippen molar-refractivity contribution in [2.24, 2.45) is 5.92 Å². The highest BCUT2D eigenvalue weighted by atomic mass is 16.5. The largest absolute Gasteiger partial charge is 0.381 e. The molecular weight excluding hydrogens is 178 g/mol. The molecule has 1 N–H and O–H groups in total. The minimum absolute atomic E-state index is 0.0440. The Morgan fingerprint density at radius 2 is 1.86 bits per heavy atom. The van der Waals surface area contributed by atoms with E-state index in [9.17, 15) is 4.79 Å². The number of carbonyl (C=O) groups is 1. The molecule has 0 aliphatic carbocycles. The highest BCUT2D eigenvalue weighted by Crippen LogP contribution is 2.10. The average molecular weight is 203 g/mol. The summed E-state index contributed by atoms with van der Waals surface area (Å²) in [6.45, 7) is 8.24. The third-order valence-electron chi connectivity index (χ3n) is 1.76. The molecule has 86 valence electrons. The van der Waals surface area contributed by atoms with Gasteiger partial charge in [0.15, 0.2) is 0 Å². The summed E-state index contributed by atoms with van der Waals surface area (Å²) in [5.74, 6) is 0.613. The van der Waals surface area contributed by atoms with E-state index in [0.29, 0.717) is 12.3 Å². The molecule has 0 saturated carbocycles. The maximum Gasteiger partial charge on any atom is 0.222 e. The first kappa shape index (κ1) is 15.9. The van der Waals surface area contributed by atoms with Crippen molar-refractivity contribution >= 4 is 5.91 Å². The number of carbonyl (C=O) groups excluding carboxylic acids is 1. The van der Waals surface area contributed by atoms with Crippen LogP contribution in [0.5, 0.6) is 0 Å². The summed E-state index contributed by atoms with van der Waals surface area (Å²) in [7, 11) is 3.29. The number of methoxy groups -OCH3 is 1. The zero-order valence-corrected chi connectivity index (χ0v) is 10.4. The molecule has 14 heavy (non-hydrogen) atoms. The molecule has 1 atom stereocenters. The van der Waals surface area contributed by atoms with Crippen molar-refractivity contribution in [2.45, 2.75) is 46.6 Å². The van der Waals surface area contributed by atoms with E-state index in [0.717, 1.165) is 6.42 Å². The topological polar surface area (TPSA) is 38.3 Å². The number of hydrogen-bond donors (Lipinski definition) is 1. The van der Waals surface area contributed by atoms with Gasteiger partial charge in [0.25, 0.3) is 0 Å². The Labute approximate surface area is 88.2 Å². The fourth-order valence-corrected chi connectivity index (χ4v) is 1.10. The predicted octanol–water partition coefficient (Wildman–Crippen LogP) is 2.21. The van der Waals surface area contributed by atoms with Gasteiger partial charge in [0.05, 0.1) is 12.5 Å². The number of ether oxygens (including phenoxy) is 1. The monoisotopic (exact) mass is 203 g/mol. The Morgan fingerprint density at radius 3 is 2.14 bits per heavy atom. The zero-order chi connectivity index (χ0) is 11.6. The lowest BCUT2D eigenvalue weighted by atomic mass is 10.0. The Morgan fingerprint density at radius 1 is 1.36 bits per heavy atom. The van der Waals surface area contributed by atoms with Gasteiger partial charge in [-0.3, -0.25) is 4.79 Å². The van der Waals surface area contributed by atoms with E-state index in [1.807, 2.05) is 13.8 Å². The van der Waals surface area contributed by atoms with Gasteiger partial charge in [-0.1, -0.05) is 27.7 Å². The van der Waals surface area contributed by atoms with E-state index in [-0.39, 0.29) is 12.0 Å². The van der Waals surface area contributed by atoms with Crippen LogP contribution in [-0.4, -0.2) is 26.2 Å². The third kappa shape index (κ3) is 9.52. The second-order valence-corrected chi connectivity index (χ2v) is 3.36. The summed E-state index contributed by atoms with van der Waals surface area (Å²) in [4.78, 5) is 11.0. The fourth-order valence-electron chi connectivity index (χ4n) is 1.10. The van der Waals surface area contributed by atoms with Gasteiger partial charge < -0.3 is 10.1 Å². The number of nitrogens with one attached hydrogen (secondary N) is 1. The van der Waals surface area contributed by atoms with Crippen LogP contribution >= 0.6 is 0 Å². The van der Waals surface area contributed by atoms with Gasteiger partial charge in [-0.05, 0) is 12.3 Å². The Balaban J connectivity index is 0. The van der Waals surface area contributed by atoms with Crippen LogP contribution in [0.3, 0.4) is 0 Å². The predicted molar refractivity (Wildman–Crippen MR) is 60.3 cm³/mol. The highest BCUT2D eigenvalue weighted by molar-refractivity contribution is 5.76. The van der Waals surface area contributed by atoms with Crippen molar-refractivity contribution in [1.29, 1.82) is 0 Å². The molecule has 0 aromatic heterocycles. The maximum atomic E-state index is 11.0. The number of hydrogen-bond acceptors (Lipinski definition) is 2. The summed E-state index contributed by atoms with van der Waals surface area (Å²) in [6.07, 6.45) is 1.46. The highest BCUT2D eigenvalue weighted by Gasteiger charge is 2.13. The molecule has 0 aliphatic rings. The van der Waals surface area contributed by atoms with Crippen LogP contribution in [0.2, 0.25) is 0 Å². The molecule has 0 fully saturated rings. The van der Waals surface area contributed by atoms with E-state index in [1.54, 1.807) is 14.2 Å². The molecule has 1 amide bonds. The van der Waals surface area contributed by atoms with Gasteiger partial charge in [0, 0.05) is 14.2 Å². The number of amides is 1. The quantitative estimate of drug-likeness (QED) is 0.744. The maximum absolute atomic E-state index is 11.0. The molecule has 0 heterocycles. The SMILES string of the molecule is CC.CNC(=O)CC(CC(C)C)OC. The van der Waals surface area contributed by atoms with Crippen LogP contribution < -0.4 is 5.32 Å². The molecule has 0 aliphatic heterocycles. The van der Waals surface area contributed by atoms with Gasteiger partial charge in [-0.2, -0.15) is 0 Å². The van der Waals surface area contributed by atoms with Crippen LogP contribution in [-0.2, 0) is 9.53 Å². The molecule has 0 aromatic carbocycles. The molecule has 1 unspecified atom stereocenters. The summed E-state index contributed by atoms with van der Waals surface area (Å²) in [5, 5.41) is 2.58. The molecule has 0 aromatic rings. The lowest BCUT2D eigenvalue weighted by Crippen LogP contribution is -2.26. The summed E-state index contributed by atoms with van der Waals surface area (Å²) in [5.41, 5.74) is 0. The third-order valence-corrected chi connectivity index (χ3v) is 1.76. The number of rotatable bonds is 5. The zero-order valence-electron chi connectivity index (χ0n) is 10.4. The average Bonchev–Trinajstić information content (AvgIpc) is 2.19. The molecule has 0 radical (unpaired) electrons. The second-order valence-electron chi connectivity index (χ2n) is 3.36. The standard InChI is InChI=1S/C9H19NO2.C2H6/c1-7(2)5-8(12-4)6-9(11)10-3;1-2/h7-8H,5-6H2,1-4H3,(H,10,11);1-2H3. The fraction of sp³-hybridized carbons (Fsp3) is 0.909. The first-order valence-corrected chi connectivity index (χ1v) is 5.33. The van der Waals surface area contributed by atoms with Crippen molar-refractivity contribution in [2.75, 3.05) is 14.2 Å². The van der Waals surface area contributed by atoms with Crippen LogP contribution in [0.4, 0.5) is 0 Å². The van der Waals surface area contributed by atoms with Gasteiger partial charge in [-0.25, -0.2) is 0 Å². The van der Waals surface area contributed by atoms with Crippen LogP contribution in [0.1, 0.15) is 40.5 Å². The van der Waals surface area contributed by atoms with E-state index in [1.165, 1.54) is 0 Å². The summed E-state index contributed by atoms with van der Waals surface area (Å²) in [6, 6.07) is 0. The van der Waals surface area contributed by atoms with Gasteiger partial charge in [-0.15, -0.1) is 0 Å². The first-order chi connectivity index (χ1) is 6.60. The van der Waals surface area contributed by atoms with E-state index in [4.69, 9.17) is 4.74 Å². The van der Waals surface area contributed by atoms with Gasteiger partial charge in [0.2, 0.25) is 5.91 Å². The van der Waals surface area contributed by atoms with Crippen molar-refractivity contribution in [3.8, 4) is 0 Å². The minimum atomic E-state index is 0.0440. The van der Waals surface area contributed by atoms with Gasteiger partial charge >= 0.3 is 0 Å². The van der Waals surface area contributed by atoms with Crippen LogP contribution in [0, 0.1) is 5.92 Å². The lowest BCUT2D eigenvalue weighted by molar-refractivity contribution is -0.123. The second kappa shape index (κ2) is 10.5. The minimum Gasteiger partial charge on any atom is -0.381 e. The smallest absolute Gasteiger partial charge is 0.222 e. The first-order valence-electron chi connectivity index (χ1n) is 5.33. The van der Waals surface area contributed by atoms with Crippen molar-refractivity contribution < 1.29 is 9.53 Å². The van der Waals surface area contributed by atoms with Crippen molar-refractivity contribution in [3.05, 3.63) is 0 Å². The Bertz CT molecular complexity index is 135. The molecule has 3 nitrogen and oxygen atoms in total. The van der Waals surface area contributed by atoms with Crippen molar-refractivity contribution in [3.63, 3.8) is 0 Å². The summed E-state index contributed by atoms with van der Waals surface area (Å²) < 4.78 is 5.17. The molecule has 0 bridgehead atoms. The Hall–Kier alpha value is -0.570. The van der Waals surface area contributed by atoms with Gasteiger partial charge in [0.1, 0.15) is 0 Å². The summed E-state index contributed by atoms with van der Waals surface area (Å²) >= 11 is 0. The van der Waals surface area contributed by atoms with E-state index < -0.39 is 0 Å². The molecule has 0 rings (SSSR count). The lowest BCUT2D eigenvalue weighted by Gasteiger charge is -2.16. The van der Waals surface area contributed by atoms with Crippen LogP contribution in [0.15, 0.2) is 0 Å². The normalized spacial score (nSPS) is 11.6. The molecule has 3 heteroatoms. The molecular formula is C11H25NO2. The van der Waals surface area contributed by atoms with Crippen LogP contribution in [0.25, 0.3) is 0 Å². The van der Waals surface area contributed by atoms with E-state index >= 15 is 0 Å². The molecule has 0 saturated heterocycles.